The lowest BCUT2D eigenvalue weighted by atomic mass is 10.1. The molecule has 0 saturated carbocycles. The summed E-state index contributed by atoms with van der Waals surface area (Å²) in [5, 5.41) is 0. The molecule has 1 aliphatic rings. The lowest BCUT2D eigenvalue weighted by molar-refractivity contribution is -0.119. The van der Waals surface area contributed by atoms with Gasteiger partial charge in [-0.1, -0.05) is 0 Å². The molecule has 108 valence electrons. The van der Waals surface area contributed by atoms with Crippen molar-refractivity contribution >= 4 is 11.6 Å². The molecule has 0 spiro atoms. The number of aryl methyl sites for hydroxylation is 1. The maximum atomic E-state index is 11.4. The Morgan fingerprint density at radius 1 is 1.05 bits per heavy atom. The van der Waals surface area contributed by atoms with E-state index < -0.39 is 0 Å². The van der Waals surface area contributed by atoms with E-state index in [1.54, 1.807) is 12.4 Å². The Hall–Kier alpha value is -2.30. The molecule has 3 rings (SSSR count). The first-order chi connectivity index (χ1) is 10.1. The number of Topliss-reactive ketones (excluding diaryl/α,β-unsaturated/α-hetero) is 1. The van der Waals surface area contributed by atoms with E-state index in [2.05, 4.69) is 14.9 Å². The van der Waals surface area contributed by atoms with Gasteiger partial charge in [0.25, 0.3) is 0 Å². The van der Waals surface area contributed by atoms with Crippen molar-refractivity contribution in [1.29, 1.82) is 0 Å². The van der Waals surface area contributed by atoms with Crippen molar-refractivity contribution in [1.82, 2.24) is 15.0 Å². The van der Waals surface area contributed by atoms with E-state index in [4.69, 9.17) is 4.98 Å². The molecule has 1 fully saturated rings. The molecule has 0 amide bonds. The molecule has 21 heavy (non-hydrogen) atoms. The molecule has 0 radical (unpaired) electrons. The fourth-order valence-electron chi connectivity index (χ4n) is 2.52. The third-order valence-electron chi connectivity index (χ3n) is 3.92. The summed E-state index contributed by atoms with van der Waals surface area (Å²) in [4.78, 5) is 26.9. The van der Waals surface area contributed by atoms with E-state index in [0.717, 1.165) is 35.7 Å². The first-order valence-corrected chi connectivity index (χ1v) is 7.17. The summed E-state index contributed by atoms with van der Waals surface area (Å²) < 4.78 is 0. The SMILES string of the molecule is Cc1nc(-c2ccncc2)nc(N2CCC(=O)CC2)c1C. The Labute approximate surface area is 124 Å². The van der Waals surface area contributed by atoms with Gasteiger partial charge in [0.05, 0.1) is 0 Å². The fourth-order valence-corrected chi connectivity index (χ4v) is 2.52. The quantitative estimate of drug-likeness (QED) is 0.846. The van der Waals surface area contributed by atoms with Gasteiger partial charge in [-0.15, -0.1) is 0 Å². The van der Waals surface area contributed by atoms with Crippen molar-refractivity contribution in [2.24, 2.45) is 0 Å². The summed E-state index contributed by atoms with van der Waals surface area (Å²) in [5.41, 5.74) is 3.02. The maximum Gasteiger partial charge on any atom is 0.161 e. The zero-order chi connectivity index (χ0) is 14.8. The highest BCUT2D eigenvalue weighted by Gasteiger charge is 2.21. The van der Waals surface area contributed by atoms with Gasteiger partial charge in [-0.3, -0.25) is 9.78 Å². The van der Waals surface area contributed by atoms with Gasteiger partial charge in [0.15, 0.2) is 5.82 Å². The molecule has 0 N–H and O–H groups in total. The molecule has 0 unspecified atom stereocenters. The largest absolute Gasteiger partial charge is 0.355 e. The number of hydrogen-bond acceptors (Lipinski definition) is 5. The van der Waals surface area contributed by atoms with Crippen LogP contribution in [0.3, 0.4) is 0 Å². The van der Waals surface area contributed by atoms with Gasteiger partial charge in [0, 0.05) is 55.1 Å². The van der Waals surface area contributed by atoms with Crippen LogP contribution >= 0.6 is 0 Å². The van der Waals surface area contributed by atoms with E-state index in [0.29, 0.717) is 24.4 Å². The molecule has 2 aromatic heterocycles. The Morgan fingerprint density at radius 3 is 2.38 bits per heavy atom. The molecular formula is C16H18N4O. The van der Waals surface area contributed by atoms with Crippen LogP contribution in [0.1, 0.15) is 24.1 Å². The minimum absolute atomic E-state index is 0.337. The maximum absolute atomic E-state index is 11.4. The molecule has 0 aromatic carbocycles. The predicted molar refractivity (Wildman–Crippen MR) is 81.2 cm³/mol. The number of carbonyl (C=O) groups excluding carboxylic acids is 1. The van der Waals surface area contributed by atoms with Crippen molar-refractivity contribution < 1.29 is 4.79 Å². The highest BCUT2D eigenvalue weighted by atomic mass is 16.1. The second-order valence-electron chi connectivity index (χ2n) is 5.34. The molecule has 1 saturated heterocycles. The monoisotopic (exact) mass is 282 g/mol. The Morgan fingerprint density at radius 2 is 1.71 bits per heavy atom. The number of hydrogen-bond donors (Lipinski definition) is 0. The molecule has 0 atom stereocenters. The van der Waals surface area contributed by atoms with Crippen molar-refractivity contribution in [2.75, 3.05) is 18.0 Å². The average Bonchev–Trinajstić information content (AvgIpc) is 2.52. The summed E-state index contributed by atoms with van der Waals surface area (Å²) in [6, 6.07) is 3.82. The van der Waals surface area contributed by atoms with Crippen molar-refractivity contribution in [3.63, 3.8) is 0 Å². The van der Waals surface area contributed by atoms with Gasteiger partial charge in [0.2, 0.25) is 0 Å². The molecule has 0 aliphatic carbocycles. The summed E-state index contributed by atoms with van der Waals surface area (Å²) in [5.74, 6) is 2.00. The zero-order valence-corrected chi connectivity index (χ0v) is 12.3. The van der Waals surface area contributed by atoms with Gasteiger partial charge >= 0.3 is 0 Å². The van der Waals surface area contributed by atoms with E-state index in [1.807, 2.05) is 26.0 Å². The molecule has 5 heteroatoms. The van der Waals surface area contributed by atoms with E-state index in [-0.39, 0.29) is 0 Å². The van der Waals surface area contributed by atoms with E-state index >= 15 is 0 Å². The van der Waals surface area contributed by atoms with E-state index in [9.17, 15) is 4.79 Å². The summed E-state index contributed by atoms with van der Waals surface area (Å²) in [6.45, 7) is 5.52. The first kappa shape index (κ1) is 13.7. The normalized spacial score (nSPS) is 15.3. The van der Waals surface area contributed by atoms with Crippen LogP contribution in [-0.2, 0) is 4.79 Å². The lowest BCUT2D eigenvalue weighted by Crippen LogP contribution is -2.35. The number of anilines is 1. The van der Waals surface area contributed by atoms with Crippen molar-refractivity contribution in [3.05, 3.63) is 35.8 Å². The second-order valence-corrected chi connectivity index (χ2v) is 5.34. The minimum atomic E-state index is 0.337. The van der Waals surface area contributed by atoms with Crippen molar-refractivity contribution in [3.8, 4) is 11.4 Å². The topological polar surface area (TPSA) is 59.0 Å². The highest BCUT2D eigenvalue weighted by Crippen LogP contribution is 2.25. The molecule has 5 nitrogen and oxygen atoms in total. The van der Waals surface area contributed by atoms with Crippen molar-refractivity contribution in [2.45, 2.75) is 26.7 Å². The Kier molecular flexibility index (Phi) is 3.64. The van der Waals surface area contributed by atoms with Crippen LogP contribution in [0, 0.1) is 13.8 Å². The minimum Gasteiger partial charge on any atom is -0.355 e. The lowest BCUT2D eigenvalue weighted by Gasteiger charge is -2.29. The number of piperidine rings is 1. The average molecular weight is 282 g/mol. The molecule has 1 aliphatic heterocycles. The van der Waals surface area contributed by atoms with Crippen LogP contribution < -0.4 is 4.90 Å². The number of ketones is 1. The Bertz CT molecular complexity index is 659. The second kappa shape index (κ2) is 5.60. The third kappa shape index (κ3) is 2.77. The molecular weight excluding hydrogens is 264 g/mol. The number of aromatic nitrogens is 3. The van der Waals surface area contributed by atoms with E-state index in [1.165, 1.54) is 0 Å². The number of rotatable bonds is 2. The summed E-state index contributed by atoms with van der Waals surface area (Å²) in [6.07, 6.45) is 4.69. The zero-order valence-electron chi connectivity index (χ0n) is 12.3. The van der Waals surface area contributed by atoms with Gasteiger partial charge in [-0.2, -0.15) is 0 Å². The van der Waals surface area contributed by atoms with Crippen LogP contribution in [0.5, 0.6) is 0 Å². The fraction of sp³-hybridized carbons (Fsp3) is 0.375. The first-order valence-electron chi connectivity index (χ1n) is 7.17. The van der Waals surface area contributed by atoms with Crippen LogP contribution in [0.15, 0.2) is 24.5 Å². The van der Waals surface area contributed by atoms with Gasteiger partial charge in [-0.05, 0) is 26.0 Å². The van der Waals surface area contributed by atoms with Crippen LogP contribution in [-0.4, -0.2) is 33.8 Å². The number of pyridine rings is 1. The smallest absolute Gasteiger partial charge is 0.161 e. The number of carbonyl (C=O) groups is 1. The molecule has 0 bridgehead atoms. The highest BCUT2D eigenvalue weighted by molar-refractivity contribution is 5.81. The van der Waals surface area contributed by atoms with Gasteiger partial charge in [0.1, 0.15) is 11.6 Å². The van der Waals surface area contributed by atoms with Gasteiger partial charge < -0.3 is 4.90 Å². The summed E-state index contributed by atoms with van der Waals surface area (Å²) in [7, 11) is 0. The summed E-state index contributed by atoms with van der Waals surface area (Å²) >= 11 is 0. The van der Waals surface area contributed by atoms with Crippen LogP contribution in [0.25, 0.3) is 11.4 Å². The number of nitrogens with zero attached hydrogens (tertiary/aromatic N) is 4. The van der Waals surface area contributed by atoms with Crippen LogP contribution in [0.4, 0.5) is 5.82 Å². The Balaban J connectivity index is 2.00. The van der Waals surface area contributed by atoms with Gasteiger partial charge in [-0.25, -0.2) is 9.97 Å². The standard InChI is InChI=1S/C16H18N4O/c1-11-12(2)18-15(13-3-7-17-8-4-13)19-16(11)20-9-5-14(21)6-10-20/h3-4,7-8H,5-6,9-10H2,1-2H3. The molecule has 3 heterocycles. The molecule has 2 aromatic rings. The third-order valence-corrected chi connectivity index (χ3v) is 3.92. The van der Waals surface area contributed by atoms with Crippen LogP contribution in [0.2, 0.25) is 0 Å². The predicted octanol–water partition coefficient (Wildman–Crippen LogP) is 2.32.